The molecule has 3 rings (SSSR count). The van der Waals surface area contributed by atoms with Gasteiger partial charge >= 0.3 is 0 Å². The third-order valence-electron chi connectivity index (χ3n) is 4.18. The molecule has 1 aliphatic rings. The van der Waals surface area contributed by atoms with E-state index < -0.39 is 0 Å². The number of amides is 1. The normalized spacial score (nSPS) is 13.3. The quantitative estimate of drug-likeness (QED) is 0.796. The second-order valence-electron chi connectivity index (χ2n) is 6.08. The van der Waals surface area contributed by atoms with Crippen LogP contribution in [-0.4, -0.2) is 23.9 Å². The average molecular weight is 333 g/mol. The number of nitrogens with one attached hydrogen (secondary N) is 1. The SMILES string of the molecule is CCCCCNC(=O)C1=Nc2ccccc2CN=C1c1ccccc1. The van der Waals surface area contributed by atoms with Crippen LogP contribution in [0.3, 0.4) is 0 Å². The van der Waals surface area contributed by atoms with Crippen molar-refractivity contribution in [1.29, 1.82) is 0 Å². The number of para-hydroxylation sites is 1. The maximum atomic E-state index is 12.8. The Morgan fingerprint density at radius 3 is 2.60 bits per heavy atom. The number of hydrogen-bond acceptors (Lipinski definition) is 3. The first-order valence-electron chi connectivity index (χ1n) is 8.84. The number of carbonyl (C=O) groups is 1. The van der Waals surface area contributed by atoms with Gasteiger partial charge in [0.1, 0.15) is 0 Å². The van der Waals surface area contributed by atoms with Gasteiger partial charge in [-0.05, 0) is 18.1 Å². The van der Waals surface area contributed by atoms with E-state index in [1.807, 2.05) is 54.6 Å². The molecule has 2 aromatic rings. The molecule has 0 radical (unpaired) electrons. The summed E-state index contributed by atoms with van der Waals surface area (Å²) in [6.07, 6.45) is 3.21. The van der Waals surface area contributed by atoms with Crippen LogP contribution >= 0.6 is 0 Å². The van der Waals surface area contributed by atoms with Crippen molar-refractivity contribution in [2.24, 2.45) is 9.98 Å². The first-order chi connectivity index (χ1) is 12.3. The molecule has 25 heavy (non-hydrogen) atoms. The maximum Gasteiger partial charge on any atom is 0.272 e. The van der Waals surface area contributed by atoms with E-state index in [1.54, 1.807) is 0 Å². The van der Waals surface area contributed by atoms with Crippen molar-refractivity contribution in [2.75, 3.05) is 6.54 Å². The molecule has 4 nitrogen and oxygen atoms in total. The van der Waals surface area contributed by atoms with Crippen LogP contribution in [0.5, 0.6) is 0 Å². The first kappa shape index (κ1) is 17.1. The highest BCUT2D eigenvalue weighted by atomic mass is 16.1. The van der Waals surface area contributed by atoms with Crippen molar-refractivity contribution in [3.8, 4) is 0 Å². The predicted molar refractivity (Wildman–Crippen MR) is 103 cm³/mol. The zero-order valence-corrected chi connectivity index (χ0v) is 14.5. The second-order valence-corrected chi connectivity index (χ2v) is 6.08. The Morgan fingerprint density at radius 1 is 1.04 bits per heavy atom. The second kappa shape index (κ2) is 8.38. The molecule has 0 fully saturated rings. The summed E-state index contributed by atoms with van der Waals surface area (Å²) in [6, 6.07) is 17.6. The predicted octanol–water partition coefficient (Wildman–Crippen LogP) is 4.07. The number of rotatable bonds is 6. The van der Waals surface area contributed by atoms with Crippen molar-refractivity contribution in [2.45, 2.75) is 32.7 Å². The van der Waals surface area contributed by atoms with E-state index in [-0.39, 0.29) is 5.91 Å². The number of hydrogen-bond donors (Lipinski definition) is 1. The number of benzene rings is 2. The molecule has 0 saturated carbocycles. The fourth-order valence-corrected chi connectivity index (χ4v) is 2.81. The Bertz CT molecular complexity index is 794. The van der Waals surface area contributed by atoms with Crippen molar-refractivity contribution in [3.63, 3.8) is 0 Å². The van der Waals surface area contributed by atoms with Gasteiger partial charge in [0.2, 0.25) is 0 Å². The molecule has 2 aromatic carbocycles. The molecule has 128 valence electrons. The van der Waals surface area contributed by atoms with Crippen molar-refractivity contribution in [1.82, 2.24) is 5.32 Å². The number of fused-ring (bicyclic) bond motifs is 1. The van der Waals surface area contributed by atoms with Crippen LogP contribution in [0.2, 0.25) is 0 Å². The van der Waals surface area contributed by atoms with Crippen LogP contribution < -0.4 is 5.32 Å². The molecule has 0 saturated heterocycles. The summed E-state index contributed by atoms with van der Waals surface area (Å²) in [7, 11) is 0. The number of unbranched alkanes of at least 4 members (excludes halogenated alkanes) is 2. The van der Waals surface area contributed by atoms with Crippen LogP contribution in [0.25, 0.3) is 0 Å². The van der Waals surface area contributed by atoms with Crippen LogP contribution in [0.4, 0.5) is 5.69 Å². The zero-order chi connectivity index (χ0) is 17.5. The van der Waals surface area contributed by atoms with Gasteiger partial charge in [-0.15, -0.1) is 0 Å². The van der Waals surface area contributed by atoms with Gasteiger partial charge in [-0.2, -0.15) is 0 Å². The van der Waals surface area contributed by atoms with Gasteiger partial charge in [0, 0.05) is 12.1 Å². The van der Waals surface area contributed by atoms with Crippen LogP contribution in [0.1, 0.15) is 37.3 Å². The average Bonchev–Trinajstić information content (AvgIpc) is 2.85. The van der Waals surface area contributed by atoms with Gasteiger partial charge in [-0.25, -0.2) is 4.99 Å². The molecule has 0 aliphatic carbocycles. The van der Waals surface area contributed by atoms with E-state index >= 15 is 0 Å². The van der Waals surface area contributed by atoms with E-state index in [4.69, 9.17) is 4.99 Å². The van der Waals surface area contributed by atoms with E-state index in [0.717, 1.165) is 36.1 Å². The lowest BCUT2D eigenvalue weighted by molar-refractivity contribution is -0.114. The minimum Gasteiger partial charge on any atom is -0.351 e. The molecule has 4 heteroatoms. The maximum absolute atomic E-state index is 12.8. The Morgan fingerprint density at radius 2 is 1.80 bits per heavy atom. The molecule has 1 heterocycles. The van der Waals surface area contributed by atoms with Crippen molar-refractivity contribution < 1.29 is 4.79 Å². The summed E-state index contributed by atoms with van der Waals surface area (Å²) in [6.45, 7) is 3.33. The van der Waals surface area contributed by atoms with E-state index in [0.29, 0.717) is 24.5 Å². The fourth-order valence-electron chi connectivity index (χ4n) is 2.81. The van der Waals surface area contributed by atoms with E-state index in [1.165, 1.54) is 0 Å². The molecule has 1 aliphatic heterocycles. The Labute approximate surface area is 148 Å². The van der Waals surface area contributed by atoms with Gasteiger partial charge in [-0.3, -0.25) is 9.79 Å². The van der Waals surface area contributed by atoms with Gasteiger partial charge in [-0.1, -0.05) is 68.3 Å². The molecule has 0 bridgehead atoms. The highest BCUT2D eigenvalue weighted by Gasteiger charge is 2.22. The molecule has 0 atom stereocenters. The molecule has 1 N–H and O–H groups in total. The van der Waals surface area contributed by atoms with Crippen LogP contribution in [0, 0.1) is 0 Å². The summed E-state index contributed by atoms with van der Waals surface area (Å²) in [5.41, 5.74) is 3.82. The Kier molecular flexibility index (Phi) is 5.73. The molecule has 1 amide bonds. The third kappa shape index (κ3) is 4.21. The number of nitrogens with zero attached hydrogens (tertiary/aromatic N) is 2. The lowest BCUT2D eigenvalue weighted by Gasteiger charge is -2.10. The highest BCUT2D eigenvalue weighted by Crippen LogP contribution is 2.23. The zero-order valence-electron chi connectivity index (χ0n) is 14.5. The monoisotopic (exact) mass is 333 g/mol. The summed E-state index contributed by atoms with van der Waals surface area (Å²) in [4.78, 5) is 22.2. The number of aliphatic imine (C=N–C) groups is 2. The van der Waals surface area contributed by atoms with Gasteiger partial charge in [0.05, 0.1) is 17.9 Å². The van der Waals surface area contributed by atoms with Gasteiger partial charge < -0.3 is 5.32 Å². The number of carbonyl (C=O) groups excluding carboxylic acids is 1. The summed E-state index contributed by atoms with van der Waals surface area (Å²) < 4.78 is 0. The van der Waals surface area contributed by atoms with Crippen LogP contribution in [0.15, 0.2) is 64.6 Å². The fraction of sp³-hybridized carbons (Fsp3) is 0.286. The third-order valence-corrected chi connectivity index (χ3v) is 4.18. The Balaban J connectivity index is 1.93. The highest BCUT2D eigenvalue weighted by molar-refractivity contribution is 6.70. The van der Waals surface area contributed by atoms with Crippen molar-refractivity contribution >= 4 is 23.0 Å². The topological polar surface area (TPSA) is 53.8 Å². The van der Waals surface area contributed by atoms with Crippen LogP contribution in [-0.2, 0) is 11.3 Å². The molecule has 0 aromatic heterocycles. The van der Waals surface area contributed by atoms with Crippen molar-refractivity contribution in [3.05, 3.63) is 65.7 Å². The minimum absolute atomic E-state index is 0.157. The van der Waals surface area contributed by atoms with E-state index in [2.05, 4.69) is 17.2 Å². The van der Waals surface area contributed by atoms with E-state index in [9.17, 15) is 4.79 Å². The smallest absolute Gasteiger partial charge is 0.272 e. The summed E-state index contributed by atoms with van der Waals surface area (Å²) in [5.74, 6) is -0.157. The molecular weight excluding hydrogens is 310 g/mol. The molecule has 0 spiro atoms. The standard InChI is InChI=1S/C21H23N3O/c1-2-3-9-14-22-21(25)20-19(16-10-5-4-6-11-16)23-15-17-12-7-8-13-18(17)24-20/h4-8,10-13H,2-3,9,14-15H2,1H3,(H,22,25). The van der Waals surface area contributed by atoms with Gasteiger partial charge in [0.15, 0.2) is 5.71 Å². The largest absolute Gasteiger partial charge is 0.351 e. The lowest BCUT2D eigenvalue weighted by Crippen LogP contribution is -2.36. The molecule has 0 unspecified atom stereocenters. The van der Waals surface area contributed by atoms with Gasteiger partial charge in [0.25, 0.3) is 5.91 Å². The summed E-state index contributed by atoms with van der Waals surface area (Å²) >= 11 is 0. The summed E-state index contributed by atoms with van der Waals surface area (Å²) in [5, 5.41) is 2.99. The Hall–Kier alpha value is -2.75. The first-order valence-corrected chi connectivity index (χ1v) is 8.84. The lowest BCUT2D eigenvalue weighted by atomic mass is 10.0. The molecular formula is C21H23N3O. The minimum atomic E-state index is -0.157.